The van der Waals surface area contributed by atoms with E-state index >= 15 is 0 Å². The molecule has 1 aromatic carbocycles. The number of nitrogens with one attached hydrogen (secondary N) is 2. The fourth-order valence-corrected chi connectivity index (χ4v) is 3.07. The summed E-state index contributed by atoms with van der Waals surface area (Å²) in [5.74, 6) is 1.11. The number of nitrogens with zero attached hydrogens (tertiary/aromatic N) is 1. The predicted octanol–water partition coefficient (Wildman–Crippen LogP) is 4.39. The fourth-order valence-electron chi connectivity index (χ4n) is 3.07. The smallest absolute Gasteiger partial charge is 0.119 e. The number of anilines is 1. The third kappa shape index (κ3) is 3.77. The summed E-state index contributed by atoms with van der Waals surface area (Å²) < 4.78 is 0. The van der Waals surface area contributed by atoms with Crippen LogP contribution in [0.2, 0.25) is 0 Å². The molecule has 2 N–H and O–H groups in total. The number of piperidine rings is 1. The van der Waals surface area contributed by atoms with E-state index in [1.165, 1.54) is 36.1 Å². The molecule has 0 aliphatic carbocycles. The number of hydrogen-bond donors (Lipinski definition) is 2. The van der Waals surface area contributed by atoms with E-state index < -0.39 is 0 Å². The Balaban J connectivity index is 0.000000545. The van der Waals surface area contributed by atoms with Crippen molar-refractivity contribution in [3.8, 4) is 0 Å². The third-order valence-corrected chi connectivity index (χ3v) is 4.14. The van der Waals surface area contributed by atoms with Gasteiger partial charge in [0.2, 0.25) is 0 Å². The number of rotatable bonds is 1. The minimum absolute atomic E-state index is 0.136. The first kappa shape index (κ1) is 16.8. The van der Waals surface area contributed by atoms with Gasteiger partial charge >= 0.3 is 0 Å². The van der Waals surface area contributed by atoms with Crippen LogP contribution in [0.25, 0.3) is 0 Å². The van der Waals surface area contributed by atoms with Gasteiger partial charge in [-0.3, -0.25) is 4.99 Å². The van der Waals surface area contributed by atoms with Crippen LogP contribution in [0.3, 0.4) is 0 Å². The highest BCUT2D eigenvalue weighted by Crippen LogP contribution is 2.36. The maximum absolute atomic E-state index is 4.95. The summed E-state index contributed by atoms with van der Waals surface area (Å²) in [7, 11) is 0. The molecule has 3 nitrogen and oxygen atoms in total. The van der Waals surface area contributed by atoms with Gasteiger partial charge in [0.15, 0.2) is 0 Å². The lowest BCUT2D eigenvalue weighted by molar-refractivity contribution is 0.461. The van der Waals surface area contributed by atoms with Gasteiger partial charge in [0.05, 0.1) is 11.6 Å². The van der Waals surface area contributed by atoms with Crippen LogP contribution in [0.1, 0.15) is 51.2 Å². The summed E-state index contributed by atoms with van der Waals surface area (Å²) in [5.41, 5.74) is 3.67. The Hall–Kier alpha value is -1.61. The summed E-state index contributed by atoms with van der Waals surface area (Å²) in [5, 5.41) is 7.13. The standard InChI is InChI=1S/C16H23N3.C3H6/c1-11-7-8-12-14(10-11)18-15(19-16(12,2)3)13-6-4-5-9-17-13;1-3-2/h7-8,10,13,17H,4-6,9H2,1-3H3,(H,18,19);3H,1H2,2H3. The Morgan fingerprint density at radius 2 is 2.05 bits per heavy atom. The number of aryl methyl sites for hydroxylation is 1. The Kier molecular flexibility index (Phi) is 5.41. The third-order valence-electron chi connectivity index (χ3n) is 4.14. The lowest BCUT2D eigenvalue weighted by atomic mass is 9.89. The van der Waals surface area contributed by atoms with E-state index in [1.807, 2.05) is 6.92 Å². The zero-order valence-corrected chi connectivity index (χ0v) is 14.4. The van der Waals surface area contributed by atoms with Gasteiger partial charge in [-0.15, -0.1) is 6.58 Å². The number of benzene rings is 1. The van der Waals surface area contributed by atoms with Crippen molar-refractivity contribution in [2.75, 3.05) is 11.9 Å². The van der Waals surface area contributed by atoms with E-state index in [9.17, 15) is 0 Å². The number of fused-ring (bicyclic) bond motifs is 1. The van der Waals surface area contributed by atoms with Gasteiger partial charge < -0.3 is 10.6 Å². The van der Waals surface area contributed by atoms with E-state index in [0.717, 1.165) is 12.4 Å². The van der Waals surface area contributed by atoms with Crippen LogP contribution >= 0.6 is 0 Å². The summed E-state index contributed by atoms with van der Waals surface area (Å²) in [4.78, 5) is 4.95. The largest absolute Gasteiger partial charge is 0.342 e. The molecule has 120 valence electrons. The molecular formula is C19H29N3. The molecule has 0 aromatic heterocycles. The van der Waals surface area contributed by atoms with Crippen molar-refractivity contribution >= 4 is 11.5 Å². The van der Waals surface area contributed by atoms with Crippen LogP contribution < -0.4 is 10.6 Å². The molecular weight excluding hydrogens is 270 g/mol. The predicted molar refractivity (Wildman–Crippen MR) is 96.8 cm³/mol. The van der Waals surface area contributed by atoms with Crippen molar-refractivity contribution in [1.82, 2.24) is 5.32 Å². The Morgan fingerprint density at radius 3 is 2.68 bits per heavy atom. The summed E-state index contributed by atoms with van der Waals surface area (Å²) in [6.07, 6.45) is 5.51. The van der Waals surface area contributed by atoms with Crippen LogP contribution in [0.15, 0.2) is 35.8 Å². The molecule has 0 saturated carbocycles. The first-order valence-corrected chi connectivity index (χ1v) is 8.26. The lowest BCUT2D eigenvalue weighted by Gasteiger charge is -2.35. The Bertz CT molecular complexity index is 552. The van der Waals surface area contributed by atoms with Crippen molar-refractivity contribution in [3.63, 3.8) is 0 Å². The number of hydrogen-bond acceptors (Lipinski definition) is 3. The fraction of sp³-hybridized carbons (Fsp3) is 0.526. The molecule has 0 spiro atoms. The second kappa shape index (κ2) is 7.10. The molecule has 1 unspecified atom stereocenters. The molecule has 0 amide bonds. The first-order valence-electron chi connectivity index (χ1n) is 8.26. The molecule has 3 rings (SSSR count). The van der Waals surface area contributed by atoms with Gasteiger partial charge in [-0.2, -0.15) is 0 Å². The average molecular weight is 299 g/mol. The van der Waals surface area contributed by atoms with Crippen molar-refractivity contribution in [3.05, 3.63) is 42.0 Å². The van der Waals surface area contributed by atoms with Crippen molar-refractivity contribution in [1.29, 1.82) is 0 Å². The Labute approximate surface area is 134 Å². The number of allylic oxidation sites excluding steroid dienone is 1. The van der Waals surface area contributed by atoms with Crippen LogP contribution in [0.4, 0.5) is 5.69 Å². The first-order chi connectivity index (χ1) is 10.5. The number of aliphatic imine (C=N–C) groups is 1. The average Bonchev–Trinajstić information content (AvgIpc) is 2.47. The second-order valence-electron chi connectivity index (χ2n) is 6.64. The van der Waals surface area contributed by atoms with E-state index in [0.29, 0.717) is 6.04 Å². The molecule has 1 fully saturated rings. The van der Waals surface area contributed by atoms with E-state index in [-0.39, 0.29) is 5.54 Å². The maximum atomic E-state index is 4.95. The van der Waals surface area contributed by atoms with Gasteiger partial charge in [-0.1, -0.05) is 24.6 Å². The highest BCUT2D eigenvalue weighted by Gasteiger charge is 2.31. The van der Waals surface area contributed by atoms with E-state index in [4.69, 9.17) is 4.99 Å². The zero-order valence-electron chi connectivity index (χ0n) is 14.4. The molecule has 2 aliphatic rings. The van der Waals surface area contributed by atoms with Crippen molar-refractivity contribution in [2.45, 2.75) is 58.5 Å². The molecule has 3 heteroatoms. The lowest BCUT2D eigenvalue weighted by Crippen LogP contribution is -2.46. The molecule has 1 atom stereocenters. The normalized spacial score (nSPS) is 22.4. The second-order valence-corrected chi connectivity index (χ2v) is 6.64. The van der Waals surface area contributed by atoms with Gasteiger partial charge in [0.25, 0.3) is 0 Å². The minimum Gasteiger partial charge on any atom is -0.342 e. The monoisotopic (exact) mass is 299 g/mol. The van der Waals surface area contributed by atoms with Gasteiger partial charge in [-0.25, -0.2) is 0 Å². The molecule has 0 bridgehead atoms. The SMILES string of the molecule is C=CC.Cc1ccc2c(c1)NC(C1CCCCN1)=NC2(C)C. The molecule has 1 saturated heterocycles. The van der Waals surface area contributed by atoms with Gasteiger partial charge in [0, 0.05) is 11.3 Å². The van der Waals surface area contributed by atoms with Crippen LogP contribution in [-0.2, 0) is 5.54 Å². The van der Waals surface area contributed by atoms with E-state index in [2.05, 4.69) is 56.2 Å². The molecule has 2 aliphatic heterocycles. The molecule has 0 radical (unpaired) electrons. The van der Waals surface area contributed by atoms with Crippen LogP contribution in [0.5, 0.6) is 0 Å². The topological polar surface area (TPSA) is 36.4 Å². The van der Waals surface area contributed by atoms with Gasteiger partial charge in [0.1, 0.15) is 5.84 Å². The van der Waals surface area contributed by atoms with Gasteiger partial charge in [-0.05, 0) is 58.7 Å². The minimum atomic E-state index is -0.136. The van der Waals surface area contributed by atoms with Crippen LogP contribution in [0, 0.1) is 6.92 Å². The highest BCUT2D eigenvalue weighted by molar-refractivity contribution is 6.02. The van der Waals surface area contributed by atoms with Crippen molar-refractivity contribution in [2.24, 2.45) is 4.99 Å². The quantitative estimate of drug-likeness (QED) is 0.755. The summed E-state index contributed by atoms with van der Waals surface area (Å²) >= 11 is 0. The highest BCUT2D eigenvalue weighted by atomic mass is 15.1. The van der Waals surface area contributed by atoms with Crippen molar-refractivity contribution < 1.29 is 0 Å². The van der Waals surface area contributed by atoms with E-state index in [1.54, 1.807) is 6.08 Å². The Morgan fingerprint density at radius 1 is 1.32 bits per heavy atom. The maximum Gasteiger partial charge on any atom is 0.119 e. The molecule has 22 heavy (non-hydrogen) atoms. The molecule has 2 heterocycles. The zero-order chi connectivity index (χ0) is 16.2. The van der Waals surface area contributed by atoms with Crippen LogP contribution in [-0.4, -0.2) is 18.4 Å². The molecule has 1 aromatic rings. The number of amidine groups is 1. The summed E-state index contributed by atoms with van der Waals surface area (Å²) in [6.45, 7) is 12.9. The summed E-state index contributed by atoms with van der Waals surface area (Å²) in [6, 6.07) is 6.99.